The topological polar surface area (TPSA) is 78.9 Å². The van der Waals surface area contributed by atoms with Crippen molar-refractivity contribution in [3.05, 3.63) is 72.9 Å². The number of unbranched alkanes of at least 4 members (excludes halogenated alkanes) is 26. The van der Waals surface area contributed by atoms with Crippen LogP contribution in [0, 0.1) is 0 Å². The molecule has 0 aromatic rings. The van der Waals surface area contributed by atoms with Gasteiger partial charge in [-0.15, -0.1) is 0 Å². The normalized spacial score (nSPS) is 12.6. The second kappa shape index (κ2) is 51.5. The van der Waals surface area contributed by atoms with Gasteiger partial charge < -0.3 is 14.2 Å². The molecule has 1 unspecified atom stereocenters. The number of allylic oxidation sites excluding steroid dienone is 12. The molecule has 0 bridgehead atoms. The fraction of sp³-hybridized carbons (Fsp3) is 0.737. The van der Waals surface area contributed by atoms with E-state index in [-0.39, 0.29) is 37.5 Å². The van der Waals surface area contributed by atoms with Gasteiger partial charge in [0.15, 0.2) is 6.10 Å². The van der Waals surface area contributed by atoms with Gasteiger partial charge in [-0.2, -0.15) is 0 Å². The second-order valence-electron chi connectivity index (χ2n) is 17.5. The van der Waals surface area contributed by atoms with Gasteiger partial charge in [0.05, 0.1) is 0 Å². The molecule has 6 heteroatoms. The summed E-state index contributed by atoms with van der Waals surface area (Å²) in [6, 6.07) is 0. The average molecular weight is 879 g/mol. The molecule has 0 rings (SSSR count). The van der Waals surface area contributed by atoms with E-state index in [9.17, 15) is 14.4 Å². The molecular weight excluding hydrogens is 781 g/mol. The lowest BCUT2D eigenvalue weighted by atomic mass is 10.0. The monoisotopic (exact) mass is 879 g/mol. The predicted molar refractivity (Wildman–Crippen MR) is 270 cm³/mol. The van der Waals surface area contributed by atoms with Crippen molar-refractivity contribution in [2.45, 2.75) is 258 Å². The van der Waals surface area contributed by atoms with Gasteiger partial charge in [-0.25, -0.2) is 0 Å². The van der Waals surface area contributed by atoms with Crippen molar-refractivity contribution in [3.8, 4) is 0 Å². The number of esters is 3. The molecule has 0 N–H and O–H groups in total. The number of hydrogen-bond acceptors (Lipinski definition) is 6. The van der Waals surface area contributed by atoms with E-state index in [1.54, 1.807) is 0 Å². The highest BCUT2D eigenvalue weighted by Gasteiger charge is 2.19. The Morgan fingerprint density at radius 2 is 0.698 bits per heavy atom. The minimum absolute atomic E-state index is 0.100. The number of hydrogen-bond donors (Lipinski definition) is 0. The smallest absolute Gasteiger partial charge is 0.306 e. The zero-order valence-electron chi connectivity index (χ0n) is 41.3. The molecule has 0 heterocycles. The Labute approximate surface area is 389 Å². The van der Waals surface area contributed by atoms with Crippen molar-refractivity contribution in [2.75, 3.05) is 13.2 Å². The quantitative estimate of drug-likeness (QED) is 0.0199. The number of ether oxygens (including phenoxy) is 3. The third kappa shape index (κ3) is 49.7. The second-order valence-corrected chi connectivity index (χ2v) is 17.5. The lowest BCUT2D eigenvalue weighted by Gasteiger charge is -2.18. The van der Waals surface area contributed by atoms with Crippen molar-refractivity contribution < 1.29 is 28.6 Å². The standard InChI is InChI=1S/C57H98O6/c1-4-7-10-13-16-19-22-24-26-28-29-31-32-35-38-41-44-47-50-56(59)62-53-54(52-61-55(58)49-46-43-40-37-34-21-18-15-12-9-6-3)63-57(60)51-48-45-42-39-36-33-30-27-25-23-20-17-14-11-8-5-2/h9,12,18,21-22,24,26,28-29,31,37,40,54H,4-8,10-11,13-17,19-20,23,25,27,30,32-36,38-39,41-53H2,1-3H3/b12-9-,21-18-,24-22-,28-26-,31-29-,40-37-. The van der Waals surface area contributed by atoms with E-state index in [4.69, 9.17) is 14.2 Å². The minimum atomic E-state index is -0.801. The van der Waals surface area contributed by atoms with Crippen LogP contribution in [0.1, 0.15) is 252 Å². The first kappa shape index (κ1) is 59.9. The van der Waals surface area contributed by atoms with Crippen molar-refractivity contribution >= 4 is 17.9 Å². The summed E-state index contributed by atoms with van der Waals surface area (Å²) in [7, 11) is 0. The van der Waals surface area contributed by atoms with Gasteiger partial charge >= 0.3 is 17.9 Å². The average Bonchev–Trinajstić information content (AvgIpc) is 3.28. The SMILES string of the molecule is CC/C=C\C/C=C\C/C=C\CCCC(=O)OCC(COC(=O)CCCCCCC\C=C/C=C\C=C/CCCCCCC)OC(=O)CCCCCCCCCCCCCCCCCC. The maximum atomic E-state index is 12.8. The molecule has 0 aromatic carbocycles. The Morgan fingerprint density at radius 3 is 1.14 bits per heavy atom. The van der Waals surface area contributed by atoms with Gasteiger partial charge in [-0.05, 0) is 70.6 Å². The van der Waals surface area contributed by atoms with E-state index in [1.165, 1.54) is 116 Å². The van der Waals surface area contributed by atoms with Crippen LogP contribution in [0.15, 0.2) is 72.9 Å². The molecule has 0 aromatic heterocycles. The van der Waals surface area contributed by atoms with E-state index in [0.29, 0.717) is 19.3 Å². The van der Waals surface area contributed by atoms with Crippen LogP contribution in [-0.2, 0) is 28.6 Å². The maximum absolute atomic E-state index is 12.8. The Kier molecular flexibility index (Phi) is 48.9. The van der Waals surface area contributed by atoms with Crippen molar-refractivity contribution in [1.29, 1.82) is 0 Å². The summed E-state index contributed by atoms with van der Waals surface area (Å²) in [6.07, 6.45) is 64.7. The molecular formula is C57H98O6. The number of rotatable bonds is 47. The minimum Gasteiger partial charge on any atom is -0.462 e. The van der Waals surface area contributed by atoms with Gasteiger partial charge in [0.25, 0.3) is 0 Å². The van der Waals surface area contributed by atoms with Gasteiger partial charge in [0.1, 0.15) is 13.2 Å². The molecule has 0 radical (unpaired) electrons. The fourth-order valence-corrected chi connectivity index (χ4v) is 7.29. The summed E-state index contributed by atoms with van der Waals surface area (Å²) in [5, 5.41) is 0. The van der Waals surface area contributed by atoms with E-state index in [0.717, 1.165) is 89.9 Å². The first-order valence-corrected chi connectivity index (χ1v) is 26.5. The van der Waals surface area contributed by atoms with Crippen LogP contribution in [0.25, 0.3) is 0 Å². The number of carbonyl (C=O) groups is 3. The van der Waals surface area contributed by atoms with E-state index >= 15 is 0 Å². The van der Waals surface area contributed by atoms with Crippen LogP contribution in [0.2, 0.25) is 0 Å². The highest BCUT2D eigenvalue weighted by atomic mass is 16.6. The van der Waals surface area contributed by atoms with Crippen LogP contribution in [0.5, 0.6) is 0 Å². The van der Waals surface area contributed by atoms with Crippen LogP contribution in [0.4, 0.5) is 0 Å². The summed E-state index contributed by atoms with van der Waals surface area (Å²) >= 11 is 0. The van der Waals surface area contributed by atoms with E-state index in [1.807, 2.05) is 0 Å². The Morgan fingerprint density at radius 1 is 0.349 bits per heavy atom. The number of carbonyl (C=O) groups excluding carboxylic acids is 3. The molecule has 0 spiro atoms. The Balaban J connectivity index is 4.42. The zero-order chi connectivity index (χ0) is 45.8. The molecule has 362 valence electrons. The van der Waals surface area contributed by atoms with Gasteiger partial charge in [-0.1, -0.05) is 235 Å². The molecule has 0 aliphatic carbocycles. The highest BCUT2D eigenvalue weighted by molar-refractivity contribution is 5.71. The maximum Gasteiger partial charge on any atom is 0.306 e. The first-order valence-electron chi connectivity index (χ1n) is 26.5. The summed E-state index contributed by atoms with van der Waals surface area (Å²) < 4.78 is 16.7. The lowest BCUT2D eigenvalue weighted by Crippen LogP contribution is -2.30. The molecule has 6 nitrogen and oxygen atoms in total. The van der Waals surface area contributed by atoms with Gasteiger partial charge in [0, 0.05) is 19.3 Å². The van der Waals surface area contributed by atoms with Crippen LogP contribution in [0.3, 0.4) is 0 Å². The molecule has 0 aliphatic heterocycles. The third-order valence-electron chi connectivity index (χ3n) is 11.3. The Bertz CT molecular complexity index is 1190. The molecule has 1 atom stereocenters. The Hall–Kier alpha value is -3.15. The van der Waals surface area contributed by atoms with Crippen molar-refractivity contribution in [1.82, 2.24) is 0 Å². The first-order chi connectivity index (χ1) is 31.0. The highest BCUT2D eigenvalue weighted by Crippen LogP contribution is 2.15. The van der Waals surface area contributed by atoms with Gasteiger partial charge in [0.2, 0.25) is 0 Å². The fourth-order valence-electron chi connectivity index (χ4n) is 7.29. The van der Waals surface area contributed by atoms with Crippen molar-refractivity contribution in [3.63, 3.8) is 0 Å². The van der Waals surface area contributed by atoms with Crippen molar-refractivity contribution in [2.24, 2.45) is 0 Å². The van der Waals surface area contributed by atoms with E-state index in [2.05, 4.69) is 93.7 Å². The summed E-state index contributed by atoms with van der Waals surface area (Å²) in [6.45, 7) is 6.45. The van der Waals surface area contributed by atoms with Crippen LogP contribution in [-0.4, -0.2) is 37.2 Å². The van der Waals surface area contributed by atoms with Crippen LogP contribution >= 0.6 is 0 Å². The molecule has 0 saturated heterocycles. The largest absolute Gasteiger partial charge is 0.462 e. The molecule has 0 saturated carbocycles. The predicted octanol–water partition coefficient (Wildman–Crippen LogP) is 17.4. The summed E-state index contributed by atoms with van der Waals surface area (Å²) in [5.74, 6) is -0.970. The third-order valence-corrected chi connectivity index (χ3v) is 11.3. The van der Waals surface area contributed by atoms with Gasteiger partial charge in [-0.3, -0.25) is 14.4 Å². The molecule has 0 aliphatic rings. The van der Waals surface area contributed by atoms with Crippen LogP contribution < -0.4 is 0 Å². The summed E-state index contributed by atoms with van der Waals surface area (Å²) in [4.78, 5) is 37.9. The zero-order valence-corrected chi connectivity index (χ0v) is 41.3. The summed E-state index contributed by atoms with van der Waals surface area (Å²) in [5.41, 5.74) is 0. The lowest BCUT2D eigenvalue weighted by molar-refractivity contribution is -0.167. The molecule has 0 amide bonds. The molecule has 0 fully saturated rings. The van der Waals surface area contributed by atoms with E-state index < -0.39 is 6.10 Å². The molecule has 63 heavy (non-hydrogen) atoms.